The monoisotopic (exact) mass is 176 g/mol. The molecule has 0 aromatic heterocycles. The number of ether oxygens (including phenoxy) is 1. The molecule has 1 fully saturated rings. The van der Waals surface area contributed by atoms with Crippen molar-refractivity contribution >= 4 is 10.8 Å². The van der Waals surface area contributed by atoms with Crippen molar-refractivity contribution in [2.75, 3.05) is 25.2 Å². The van der Waals surface area contributed by atoms with Crippen LogP contribution >= 0.6 is 0 Å². The zero-order valence-electron chi connectivity index (χ0n) is 7.04. The molecule has 3 heteroatoms. The first kappa shape index (κ1) is 9.20. The Bertz CT molecular complexity index is 130. The van der Waals surface area contributed by atoms with E-state index in [9.17, 15) is 4.21 Å². The minimum absolute atomic E-state index is 0.608. The molecule has 0 N–H and O–H groups in total. The summed E-state index contributed by atoms with van der Waals surface area (Å²) in [7, 11) is -0.608. The van der Waals surface area contributed by atoms with Crippen molar-refractivity contribution in [2.45, 2.75) is 19.3 Å². The van der Waals surface area contributed by atoms with Gasteiger partial charge in [-0.1, -0.05) is 0 Å². The van der Waals surface area contributed by atoms with Gasteiger partial charge in [-0.25, -0.2) is 0 Å². The molecule has 0 aromatic carbocycles. The molecule has 0 saturated carbocycles. The predicted molar refractivity (Wildman–Crippen MR) is 47.1 cm³/mol. The van der Waals surface area contributed by atoms with Crippen molar-refractivity contribution in [3.8, 4) is 0 Å². The maximum Gasteiger partial charge on any atom is 0.0468 e. The Morgan fingerprint density at radius 2 is 2.09 bits per heavy atom. The van der Waals surface area contributed by atoms with Crippen LogP contribution in [-0.2, 0) is 15.5 Å². The zero-order valence-corrected chi connectivity index (χ0v) is 7.86. The number of hydrogen-bond acceptors (Lipinski definition) is 2. The normalized spacial score (nSPS) is 23.4. The van der Waals surface area contributed by atoms with Gasteiger partial charge in [-0.05, 0) is 25.2 Å². The Morgan fingerprint density at radius 1 is 1.45 bits per heavy atom. The van der Waals surface area contributed by atoms with E-state index in [4.69, 9.17) is 4.74 Å². The van der Waals surface area contributed by atoms with Gasteiger partial charge in [0, 0.05) is 36.0 Å². The molecule has 0 aliphatic carbocycles. The molecule has 1 aliphatic rings. The molecule has 1 saturated heterocycles. The lowest BCUT2D eigenvalue weighted by molar-refractivity contribution is 0.0656. The van der Waals surface area contributed by atoms with Crippen LogP contribution in [0.4, 0.5) is 0 Å². The lowest BCUT2D eigenvalue weighted by Crippen LogP contribution is -2.17. The maximum atomic E-state index is 10.8. The summed E-state index contributed by atoms with van der Waals surface area (Å²) in [6.45, 7) is 1.81. The highest BCUT2D eigenvalue weighted by Crippen LogP contribution is 2.18. The smallest absolute Gasteiger partial charge is 0.0468 e. The third-order valence-electron chi connectivity index (χ3n) is 2.15. The SMILES string of the molecule is CS(=O)CCC1CCOCC1. The Balaban J connectivity index is 2.09. The Kier molecular flexibility index (Phi) is 4.08. The van der Waals surface area contributed by atoms with E-state index in [2.05, 4.69) is 0 Å². The van der Waals surface area contributed by atoms with Crippen molar-refractivity contribution in [3.05, 3.63) is 0 Å². The fraction of sp³-hybridized carbons (Fsp3) is 1.00. The van der Waals surface area contributed by atoms with E-state index >= 15 is 0 Å². The molecule has 1 rings (SSSR count). The molecule has 66 valence electrons. The van der Waals surface area contributed by atoms with Gasteiger partial charge in [0.05, 0.1) is 0 Å². The quantitative estimate of drug-likeness (QED) is 0.645. The van der Waals surface area contributed by atoms with Gasteiger partial charge < -0.3 is 4.74 Å². The van der Waals surface area contributed by atoms with Gasteiger partial charge in [0.1, 0.15) is 0 Å². The lowest BCUT2D eigenvalue weighted by Gasteiger charge is -2.21. The van der Waals surface area contributed by atoms with Gasteiger partial charge in [-0.2, -0.15) is 0 Å². The second-order valence-electron chi connectivity index (χ2n) is 3.12. The Labute approximate surface area is 70.8 Å². The standard InChI is InChI=1S/C8H16O2S/c1-11(9)7-4-8-2-5-10-6-3-8/h8H,2-7H2,1H3. The minimum atomic E-state index is -0.608. The average molecular weight is 176 g/mol. The minimum Gasteiger partial charge on any atom is -0.381 e. The first-order chi connectivity index (χ1) is 5.29. The molecular formula is C8H16O2S. The van der Waals surface area contributed by atoms with Crippen molar-refractivity contribution < 1.29 is 8.95 Å². The molecule has 1 atom stereocenters. The predicted octanol–water partition coefficient (Wildman–Crippen LogP) is 1.18. The third kappa shape index (κ3) is 3.87. The molecule has 0 amide bonds. The molecule has 2 nitrogen and oxygen atoms in total. The highest BCUT2D eigenvalue weighted by Gasteiger charge is 2.13. The van der Waals surface area contributed by atoms with Gasteiger partial charge in [0.25, 0.3) is 0 Å². The Morgan fingerprint density at radius 3 is 2.64 bits per heavy atom. The second kappa shape index (κ2) is 4.88. The second-order valence-corrected chi connectivity index (χ2v) is 4.68. The first-order valence-electron chi connectivity index (χ1n) is 4.17. The van der Waals surface area contributed by atoms with Gasteiger partial charge in [-0.3, -0.25) is 4.21 Å². The molecule has 0 bridgehead atoms. The van der Waals surface area contributed by atoms with Crippen LogP contribution in [0, 0.1) is 5.92 Å². The summed E-state index contributed by atoms with van der Waals surface area (Å²) in [6, 6.07) is 0. The highest BCUT2D eigenvalue weighted by atomic mass is 32.2. The van der Waals surface area contributed by atoms with E-state index in [1.54, 1.807) is 6.26 Å². The molecule has 11 heavy (non-hydrogen) atoms. The fourth-order valence-corrected chi connectivity index (χ4v) is 2.03. The van der Waals surface area contributed by atoms with E-state index in [1.165, 1.54) is 0 Å². The van der Waals surface area contributed by atoms with Crippen molar-refractivity contribution in [2.24, 2.45) is 5.92 Å². The summed E-state index contributed by atoms with van der Waals surface area (Å²) in [5.74, 6) is 1.64. The molecule has 1 aliphatic heterocycles. The van der Waals surface area contributed by atoms with Gasteiger partial charge >= 0.3 is 0 Å². The summed E-state index contributed by atoms with van der Waals surface area (Å²) in [5, 5.41) is 0. The van der Waals surface area contributed by atoms with Crippen LogP contribution in [0.2, 0.25) is 0 Å². The topological polar surface area (TPSA) is 26.3 Å². The lowest BCUT2D eigenvalue weighted by atomic mass is 9.98. The molecule has 1 heterocycles. The summed E-state index contributed by atoms with van der Waals surface area (Å²) < 4.78 is 16.0. The van der Waals surface area contributed by atoms with Crippen LogP contribution < -0.4 is 0 Å². The zero-order chi connectivity index (χ0) is 8.10. The highest BCUT2D eigenvalue weighted by molar-refractivity contribution is 7.84. The van der Waals surface area contributed by atoms with Crippen LogP contribution in [-0.4, -0.2) is 29.4 Å². The molecule has 1 unspecified atom stereocenters. The summed E-state index contributed by atoms with van der Waals surface area (Å²) in [5.41, 5.74) is 0. The fourth-order valence-electron chi connectivity index (χ4n) is 1.37. The van der Waals surface area contributed by atoms with Gasteiger partial charge in [-0.15, -0.1) is 0 Å². The van der Waals surface area contributed by atoms with Crippen LogP contribution in [0.5, 0.6) is 0 Å². The molecule has 0 aromatic rings. The van der Waals surface area contributed by atoms with E-state index in [-0.39, 0.29) is 0 Å². The third-order valence-corrected chi connectivity index (χ3v) is 2.97. The van der Waals surface area contributed by atoms with Gasteiger partial charge in [0.2, 0.25) is 0 Å². The maximum absolute atomic E-state index is 10.8. The summed E-state index contributed by atoms with van der Waals surface area (Å²) in [4.78, 5) is 0. The molecular weight excluding hydrogens is 160 g/mol. The average Bonchev–Trinajstić information content (AvgIpc) is 2.03. The van der Waals surface area contributed by atoms with E-state index in [1.807, 2.05) is 0 Å². The van der Waals surface area contributed by atoms with Gasteiger partial charge in [0.15, 0.2) is 0 Å². The first-order valence-corrected chi connectivity index (χ1v) is 5.89. The van der Waals surface area contributed by atoms with E-state index < -0.39 is 10.8 Å². The van der Waals surface area contributed by atoms with Crippen molar-refractivity contribution in [1.82, 2.24) is 0 Å². The molecule has 0 radical (unpaired) electrons. The van der Waals surface area contributed by atoms with Crippen LogP contribution in [0.3, 0.4) is 0 Å². The number of rotatable bonds is 3. The van der Waals surface area contributed by atoms with Crippen LogP contribution in [0.1, 0.15) is 19.3 Å². The van der Waals surface area contributed by atoms with Crippen molar-refractivity contribution in [1.29, 1.82) is 0 Å². The number of hydrogen-bond donors (Lipinski definition) is 0. The summed E-state index contributed by atoms with van der Waals surface area (Å²) in [6.07, 6.45) is 5.22. The van der Waals surface area contributed by atoms with E-state index in [0.29, 0.717) is 0 Å². The van der Waals surface area contributed by atoms with Crippen LogP contribution in [0.15, 0.2) is 0 Å². The van der Waals surface area contributed by atoms with Crippen LogP contribution in [0.25, 0.3) is 0 Å². The van der Waals surface area contributed by atoms with E-state index in [0.717, 1.165) is 44.1 Å². The Hall–Kier alpha value is 0.110. The molecule has 0 spiro atoms. The van der Waals surface area contributed by atoms with Crippen molar-refractivity contribution in [3.63, 3.8) is 0 Å². The largest absolute Gasteiger partial charge is 0.381 e. The summed E-state index contributed by atoms with van der Waals surface area (Å²) >= 11 is 0.